The summed E-state index contributed by atoms with van der Waals surface area (Å²) >= 11 is 7.86. The van der Waals surface area contributed by atoms with Crippen molar-refractivity contribution < 1.29 is 4.79 Å². The molecule has 3 nitrogen and oxygen atoms in total. The summed E-state index contributed by atoms with van der Waals surface area (Å²) in [4.78, 5) is 17.9. The molecule has 0 saturated heterocycles. The summed E-state index contributed by atoms with van der Waals surface area (Å²) in [6, 6.07) is 7.73. The molecule has 1 heterocycles. The predicted octanol–water partition coefficient (Wildman–Crippen LogP) is 5.36. The molecule has 1 N–H and O–H groups in total. The highest BCUT2D eigenvalue weighted by Gasteiger charge is 2.18. The fraction of sp³-hybridized carbons (Fsp3) is 0.474. The lowest BCUT2D eigenvalue weighted by molar-refractivity contribution is -0.122. The van der Waals surface area contributed by atoms with Crippen molar-refractivity contribution in [1.82, 2.24) is 10.3 Å². The van der Waals surface area contributed by atoms with Gasteiger partial charge in [0, 0.05) is 16.9 Å². The van der Waals surface area contributed by atoms with E-state index >= 15 is 0 Å². The standard InChI is InChI=1S/C19H23ClN2OS/c1-13-17(12-21-18(23)11-14-7-3-2-4-8-14)24-19(22-13)15-9-5-6-10-16(15)20/h5-6,9-10,14H,2-4,7-8,11-12H2,1H3,(H,21,23). The van der Waals surface area contributed by atoms with Crippen LogP contribution in [0.15, 0.2) is 24.3 Å². The SMILES string of the molecule is Cc1nc(-c2ccccc2Cl)sc1CNC(=O)CC1CCCCC1. The smallest absolute Gasteiger partial charge is 0.220 e. The monoisotopic (exact) mass is 362 g/mol. The van der Waals surface area contributed by atoms with Gasteiger partial charge in [0.25, 0.3) is 0 Å². The van der Waals surface area contributed by atoms with Crippen molar-refractivity contribution in [2.75, 3.05) is 0 Å². The molecule has 128 valence electrons. The summed E-state index contributed by atoms with van der Waals surface area (Å²) in [5, 5.41) is 4.68. The third kappa shape index (κ3) is 4.37. The molecule has 3 rings (SSSR count). The second kappa shape index (κ2) is 8.13. The normalized spacial score (nSPS) is 15.4. The Morgan fingerprint density at radius 1 is 1.29 bits per heavy atom. The average Bonchev–Trinajstić information content (AvgIpc) is 2.95. The largest absolute Gasteiger partial charge is 0.351 e. The maximum absolute atomic E-state index is 12.2. The number of nitrogens with one attached hydrogen (secondary N) is 1. The Morgan fingerprint density at radius 3 is 2.79 bits per heavy atom. The van der Waals surface area contributed by atoms with E-state index in [1.807, 2.05) is 31.2 Å². The summed E-state index contributed by atoms with van der Waals surface area (Å²) in [7, 11) is 0. The van der Waals surface area contributed by atoms with Gasteiger partial charge >= 0.3 is 0 Å². The van der Waals surface area contributed by atoms with E-state index in [-0.39, 0.29) is 5.91 Å². The highest BCUT2D eigenvalue weighted by atomic mass is 35.5. The molecule has 1 aromatic carbocycles. The first-order chi connectivity index (χ1) is 11.6. The molecule has 0 bridgehead atoms. The van der Waals surface area contributed by atoms with Crippen LogP contribution in [0.25, 0.3) is 10.6 Å². The van der Waals surface area contributed by atoms with Crippen LogP contribution < -0.4 is 5.32 Å². The number of hydrogen-bond acceptors (Lipinski definition) is 3. The lowest BCUT2D eigenvalue weighted by Gasteiger charge is -2.20. The quantitative estimate of drug-likeness (QED) is 0.778. The first-order valence-corrected chi connectivity index (χ1v) is 9.81. The lowest BCUT2D eigenvalue weighted by atomic mass is 9.87. The number of carbonyl (C=O) groups excluding carboxylic acids is 1. The third-order valence-electron chi connectivity index (χ3n) is 4.64. The van der Waals surface area contributed by atoms with Crippen LogP contribution in [-0.4, -0.2) is 10.9 Å². The predicted molar refractivity (Wildman–Crippen MR) is 100 cm³/mol. The maximum atomic E-state index is 12.2. The summed E-state index contributed by atoms with van der Waals surface area (Å²) in [6.07, 6.45) is 6.92. The Hall–Kier alpha value is -1.39. The number of nitrogens with zero attached hydrogens (tertiary/aromatic N) is 1. The second-order valence-corrected chi connectivity index (χ2v) is 7.98. The van der Waals surface area contributed by atoms with Crippen LogP contribution in [-0.2, 0) is 11.3 Å². The molecule has 5 heteroatoms. The fourth-order valence-corrected chi connectivity index (χ4v) is 4.57. The first-order valence-electron chi connectivity index (χ1n) is 8.61. The lowest BCUT2D eigenvalue weighted by Crippen LogP contribution is -2.25. The van der Waals surface area contributed by atoms with Gasteiger partial charge in [0.2, 0.25) is 5.91 Å². The molecule has 24 heavy (non-hydrogen) atoms. The number of aromatic nitrogens is 1. The van der Waals surface area contributed by atoms with Crippen LogP contribution in [0, 0.1) is 12.8 Å². The Balaban J connectivity index is 1.59. The van der Waals surface area contributed by atoms with Crippen molar-refractivity contribution in [1.29, 1.82) is 0 Å². The Labute approximate surface area is 152 Å². The van der Waals surface area contributed by atoms with E-state index in [1.54, 1.807) is 11.3 Å². The summed E-state index contributed by atoms with van der Waals surface area (Å²) in [5.41, 5.74) is 1.92. The Bertz CT molecular complexity index is 707. The van der Waals surface area contributed by atoms with E-state index in [0.717, 1.165) is 21.1 Å². The van der Waals surface area contributed by atoms with Gasteiger partial charge in [-0.25, -0.2) is 4.98 Å². The van der Waals surface area contributed by atoms with Crippen molar-refractivity contribution in [2.45, 2.75) is 52.0 Å². The van der Waals surface area contributed by atoms with Crippen LogP contribution in [0.3, 0.4) is 0 Å². The molecule has 1 aliphatic carbocycles. The van der Waals surface area contributed by atoms with Crippen LogP contribution in [0.4, 0.5) is 0 Å². The molecule has 1 saturated carbocycles. The van der Waals surface area contributed by atoms with Gasteiger partial charge in [-0.3, -0.25) is 4.79 Å². The fourth-order valence-electron chi connectivity index (χ4n) is 3.25. The van der Waals surface area contributed by atoms with Crippen LogP contribution >= 0.6 is 22.9 Å². The molecule has 0 spiro atoms. The first kappa shape index (κ1) is 17.4. The molecule has 0 radical (unpaired) electrons. The van der Waals surface area contributed by atoms with E-state index in [9.17, 15) is 4.79 Å². The maximum Gasteiger partial charge on any atom is 0.220 e. The summed E-state index contributed by atoms with van der Waals surface area (Å²) in [6.45, 7) is 2.54. The molecule has 0 aliphatic heterocycles. The van der Waals surface area contributed by atoms with E-state index in [1.165, 1.54) is 32.1 Å². The number of aryl methyl sites for hydroxylation is 1. The average molecular weight is 363 g/mol. The van der Waals surface area contributed by atoms with Gasteiger partial charge in [-0.1, -0.05) is 49.1 Å². The molecule has 1 aromatic heterocycles. The van der Waals surface area contributed by atoms with Gasteiger partial charge < -0.3 is 5.32 Å². The molecule has 0 unspecified atom stereocenters. The second-order valence-electron chi connectivity index (χ2n) is 6.49. The third-order valence-corrected chi connectivity index (χ3v) is 6.16. The molecule has 0 atom stereocenters. The minimum Gasteiger partial charge on any atom is -0.351 e. The van der Waals surface area contributed by atoms with Crippen LogP contribution in [0.2, 0.25) is 5.02 Å². The van der Waals surface area contributed by atoms with Gasteiger partial charge in [0.1, 0.15) is 5.01 Å². The number of thiazole rings is 1. The van der Waals surface area contributed by atoms with E-state index in [2.05, 4.69) is 10.3 Å². The van der Waals surface area contributed by atoms with E-state index < -0.39 is 0 Å². The van der Waals surface area contributed by atoms with Gasteiger partial charge in [0.05, 0.1) is 17.3 Å². The van der Waals surface area contributed by atoms with Gasteiger partial charge in [-0.2, -0.15) is 0 Å². The van der Waals surface area contributed by atoms with E-state index in [4.69, 9.17) is 11.6 Å². The van der Waals surface area contributed by atoms with Crippen LogP contribution in [0.5, 0.6) is 0 Å². The minimum atomic E-state index is 0.161. The van der Waals surface area contributed by atoms with Crippen molar-refractivity contribution in [3.8, 4) is 10.6 Å². The van der Waals surface area contributed by atoms with Gasteiger partial charge in [0.15, 0.2) is 0 Å². The number of amides is 1. The van der Waals surface area contributed by atoms with Gasteiger partial charge in [-0.15, -0.1) is 11.3 Å². The Morgan fingerprint density at radius 2 is 2.04 bits per heavy atom. The van der Waals surface area contributed by atoms with Crippen molar-refractivity contribution in [3.05, 3.63) is 39.9 Å². The number of carbonyl (C=O) groups is 1. The molecular weight excluding hydrogens is 340 g/mol. The van der Waals surface area contributed by atoms with Crippen molar-refractivity contribution >= 4 is 28.8 Å². The molecule has 1 fully saturated rings. The highest BCUT2D eigenvalue weighted by molar-refractivity contribution is 7.15. The highest BCUT2D eigenvalue weighted by Crippen LogP contribution is 2.32. The van der Waals surface area contributed by atoms with E-state index in [0.29, 0.717) is 23.9 Å². The Kier molecular flexibility index (Phi) is 5.90. The zero-order chi connectivity index (χ0) is 16.9. The number of rotatable bonds is 5. The van der Waals surface area contributed by atoms with Crippen LogP contribution in [0.1, 0.15) is 49.1 Å². The number of halogens is 1. The molecule has 2 aromatic rings. The molecular formula is C19H23ClN2OS. The van der Waals surface area contributed by atoms with Crippen molar-refractivity contribution in [3.63, 3.8) is 0 Å². The topological polar surface area (TPSA) is 42.0 Å². The molecule has 1 aliphatic rings. The minimum absolute atomic E-state index is 0.161. The summed E-state index contributed by atoms with van der Waals surface area (Å²) < 4.78 is 0. The van der Waals surface area contributed by atoms with Crippen molar-refractivity contribution in [2.24, 2.45) is 5.92 Å². The van der Waals surface area contributed by atoms with Gasteiger partial charge in [-0.05, 0) is 31.7 Å². The molecule has 1 amide bonds. The zero-order valence-corrected chi connectivity index (χ0v) is 15.6. The number of hydrogen-bond donors (Lipinski definition) is 1. The number of benzene rings is 1. The zero-order valence-electron chi connectivity index (χ0n) is 14.0. The summed E-state index contributed by atoms with van der Waals surface area (Å²) in [5.74, 6) is 0.731.